The molecule has 4 N–H and O–H groups in total. The van der Waals surface area contributed by atoms with Gasteiger partial charge in [0.05, 0.1) is 13.2 Å². The van der Waals surface area contributed by atoms with Gasteiger partial charge >= 0.3 is 11.9 Å². The lowest BCUT2D eigenvalue weighted by Gasteiger charge is -2.39. The predicted octanol–water partition coefficient (Wildman–Crippen LogP) is 6.53. The first-order valence-electron chi connectivity index (χ1n) is 20.3. The van der Waals surface area contributed by atoms with Crippen LogP contribution in [0.3, 0.4) is 0 Å². The van der Waals surface area contributed by atoms with Gasteiger partial charge in [-0.1, -0.05) is 101 Å². The van der Waals surface area contributed by atoms with E-state index in [4.69, 9.17) is 18.9 Å². The normalized spacial score (nSPS) is 25.1. The number of allylic oxidation sites excluding steroid dienone is 10. The Morgan fingerprint density at radius 3 is 2.11 bits per heavy atom. The van der Waals surface area contributed by atoms with Crippen LogP contribution in [0.1, 0.15) is 123 Å². The fourth-order valence-electron chi connectivity index (χ4n) is 6.43. The van der Waals surface area contributed by atoms with Crippen LogP contribution in [0.25, 0.3) is 0 Å². The Hall–Kier alpha value is -2.93. The summed E-state index contributed by atoms with van der Waals surface area (Å²) in [5, 5.41) is 40.0. The predicted molar refractivity (Wildman–Crippen MR) is 208 cm³/mol. The largest absolute Gasteiger partial charge is 0.462 e. The number of unbranched alkanes of at least 4 members (excludes halogenated alkanes) is 7. The number of aliphatic hydroxyl groups is 4. The average molecular weight is 761 g/mol. The van der Waals surface area contributed by atoms with Gasteiger partial charge in [-0.2, -0.15) is 0 Å². The lowest BCUT2D eigenvalue weighted by atomic mass is 9.87. The summed E-state index contributed by atoms with van der Waals surface area (Å²) in [6.45, 7) is 2.99. The molecule has 0 aromatic rings. The van der Waals surface area contributed by atoms with Gasteiger partial charge in [0, 0.05) is 18.8 Å². The molecule has 54 heavy (non-hydrogen) atoms. The van der Waals surface area contributed by atoms with E-state index >= 15 is 0 Å². The van der Waals surface area contributed by atoms with E-state index in [1.807, 2.05) is 6.08 Å². The van der Waals surface area contributed by atoms with Crippen molar-refractivity contribution < 1.29 is 53.8 Å². The minimum atomic E-state index is -1.62. The number of esters is 2. The van der Waals surface area contributed by atoms with Crippen molar-refractivity contribution in [3.05, 3.63) is 60.8 Å². The first-order valence-corrected chi connectivity index (χ1v) is 20.3. The minimum Gasteiger partial charge on any atom is -0.462 e. The average Bonchev–Trinajstić information content (AvgIpc) is 3.51. The number of ketones is 1. The van der Waals surface area contributed by atoms with Gasteiger partial charge < -0.3 is 39.4 Å². The summed E-state index contributed by atoms with van der Waals surface area (Å²) in [6, 6.07) is 0. The van der Waals surface area contributed by atoms with Gasteiger partial charge in [-0.05, 0) is 76.2 Å². The summed E-state index contributed by atoms with van der Waals surface area (Å²) in [5.74, 6) is -0.565. The zero-order chi connectivity index (χ0) is 39.4. The number of rotatable bonds is 29. The fourth-order valence-corrected chi connectivity index (χ4v) is 6.43. The van der Waals surface area contributed by atoms with Crippen molar-refractivity contribution in [3.8, 4) is 0 Å². The highest BCUT2D eigenvalue weighted by molar-refractivity contribution is 5.94. The zero-order valence-electron chi connectivity index (χ0n) is 32.7. The highest BCUT2D eigenvalue weighted by atomic mass is 16.7. The molecule has 2 rings (SSSR count). The maximum absolute atomic E-state index is 12.8. The number of carbonyl (C=O) groups excluding carboxylic acids is 3. The van der Waals surface area contributed by atoms with Crippen molar-refractivity contribution in [3.63, 3.8) is 0 Å². The molecule has 0 amide bonds. The van der Waals surface area contributed by atoms with Crippen LogP contribution in [0.2, 0.25) is 0 Å². The molecular formula is C43H68O11. The van der Waals surface area contributed by atoms with Crippen LogP contribution in [0, 0.1) is 11.8 Å². The molecule has 8 atom stereocenters. The van der Waals surface area contributed by atoms with Gasteiger partial charge in [-0.15, -0.1) is 0 Å². The molecule has 2 aliphatic rings. The maximum Gasteiger partial charge on any atom is 0.306 e. The van der Waals surface area contributed by atoms with E-state index in [0.717, 1.165) is 83.5 Å². The van der Waals surface area contributed by atoms with Crippen molar-refractivity contribution >= 4 is 17.7 Å². The Morgan fingerprint density at radius 2 is 1.39 bits per heavy atom. The van der Waals surface area contributed by atoms with E-state index < -0.39 is 55.4 Å². The molecule has 1 aliphatic carbocycles. The van der Waals surface area contributed by atoms with E-state index in [2.05, 4.69) is 62.5 Å². The minimum absolute atomic E-state index is 0.0152. The van der Waals surface area contributed by atoms with E-state index in [-0.39, 0.29) is 43.7 Å². The molecule has 1 saturated heterocycles. The second kappa shape index (κ2) is 29.4. The van der Waals surface area contributed by atoms with Crippen molar-refractivity contribution in [2.45, 2.75) is 160 Å². The second-order valence-corrected chi connectivity index (χ2v) is 14.2. The molecule has 0 radical (unpaired) electrons. The summed E-state index contributed by atoms with van der Waals surface area (Å²) >= 11 is 0. The van der Waals surface area contributed by atoms with Crippen LogP contribution in [0.15, 0.2) is 60.8 Å². The van der Waals surface area contributed by atoms with Crippen molar-refractivity contribution in [1.82, 2.24) is 0 Å². The molecule has 1 fully saturated rings. The molecule has 0 aromatic heterocycles. The molecule has 0 saturated carbocycles. The van der Waals surface area contributed by atoms with Gasteiger partial charge in [0.25, 0.3) is 0 Å². The quantitative estimate of drug-likeness (QED) is 0.0372. The molecule has 11 nitrogen and oxygen atoms in total. The molecule has 0 bridgehead atoms. The summed E-state index contributed by atoms with van der Waals surface area (Å²) in [5.41, 5.74) is 0. The zero-order valence-corrected chi connectivity index (χ0v) is 32.7. The Balaban J connectivity index is 1.74. The number of aliphatic hydroxyl groups excluding tert-OH is 4. The van der Waals surface area contributed by atoms with Gasteiger partial charge in [0.2, 0.25) is 0 Å². The Morgan fingerprint density at radius 1 is 0.759 bits per heavy atom. The fraction of sp³-hybridized carbons (Fsp3) is 0.698. The van der Waals surface area contributed by atoms with Crippen molar-refractivity contribution in [2.75, 3.05) is 19.8 Å². The van der Waals surface area contributed by atoms with E-state index in [0.29, 0.717) is 12.8 Å². The van der Waals surface area contributed by atoms with Crippen LogP contribution < -0.4 is 0 Å². The van der Waals surface area contributed by atoms with Gasteiger partial charge in [0.1, 0.15) is 31.0 Å². The standard InChI is InChI=1S/C43H68O11/c1-3-5-7-8-9-10-11-12-13-14-15-16-17-18-22-26-38(46)51-31-34(32-52-43-42(50)41(49)40(48)37(30-44)54-43)53-39(47)27-23-19-21-24-33-28-29-36(45)35(33)25-20-6-4-2/h5-7,9-10,12-13,20,28-29,33-35,37,40-44,48-50H,3-4,8,11,14-19,21-27,30-32H2,1-2H3/b7-5-,10-9-,13-12-,20-6-/t33-,34-,35+,37-,40+,41+,42-,43-/m1/s1. The molecule has 0 spiro atoms. The van der Waals surface area contributed by atoms with Crippen LogP contribution in [0.4, 0.5) is 0 Å². The van der Waals surface area contributed by atoms with E-state index in [1.165, 1.54) is 0 Å². The monoisotopic (exact) mass is 760 g/mol. The molecule has 0 aromatic carbocycles. The summed E-state index contributed by atoms with van der Waals surface area (Å²) in [4.78, 5) is 37.6. The third-order valence-corrected chi connectivity index (χ3v) is 9.66. The second-order valence-electron chi connectivity index (χ2n) is 14.2. The third-order valence-electron chi connectivity index (χ3n) is 9.66. The Kier molecular flexibility index (Phi) is 25.7. The van der Waals surface area contributed by atoms with Crippen LogP contribution in [-0.2, 0) is 33.3 Å². The third kappa shape index (κ3) is 19.6. The molecule has 306 valence electrons. The lowest BCUT2D eigenvalue weighted by Crippen LogP contribution is -2.59. The first kappa shape index (κ1) is 47.2. The van der Waals surface area contributed by atoms with Crippen LogP contribution in [-0.4, -0.2) is 94.8 Å². The number of carbonyl (C=O) groups is 3. The molecule has 1 aliphatic heterocycles. The van der Waals surface area contributed by atoms with Crippen LogP contribution >= 0.6 is 0 Å². The van der Waals surface area contributed by atoms with Gasteiger partial charge in [-0.25, -0.2) is 0 Å². The van der Waals surface area contributed by atoms with Crippen molar-refractivity contribution in [1.29, 1.82) is 0 Å². The highest BCUT2D eigenvalue weighted by Crippen LogP contribution is 2.30. The van der Waals surface area contributed by atoms with E-state index in [9.17, 15) is 34.8 Å². The maximum atomic E-state index is 12.8. The number of hydrogen-bond acceptors (Lipinski definition) is 11. The highest BCUT2D eigenvalue weighted by Gasteiger charge is 2.44. The van der Waals surface area contributed by atoms with E-state index in [1.54, 1.807) is 6.08 Å². The number of ether oxygens (including phenoxy) is 4. The number of hydrogen-bond donors (Lipinski definition) is 4. The molecule has 11 heteroatoms. The van der Waals surface area contributed by atoms with Crippen LogP contribution in [0.5, 0.6) is 0 Å². The topological polar surface area (TPSA) is 169 Å². The smallest absolute Gasteiger partial charge is 0.306 e. The van der Waals surface area contributed by atoms with Gasteiger partial charge in [0.15, 0.2) is 18.2 Å². The summed E-state index contributed by atoms with van der Waals surface area (Å²) in [7, 11) is 0. The summed E-state index contributed by atoms with van der Waals surface area (Å²) < 4.78 is 22.1. The lowest BCUT2D eigenvalue weighted by molar-refractivity contribution is -0.305. The Bertz CT molecular complexity index is 1190. The SMILES string of the molecule is CC/C=C\C/C=C\C/C=C\CCCCCCCC(=O)OC[C@H](CO[C@@H]1O[C@H](CO)[C@H](O)[C@H](O)[C@H]1O)OC(=O)CCCCC[C@@H]1C=CC(=O)[C@H]1C/C=C\CC. The molecular weight excluding hydrogens is 692 g/mol. The molecule has 0 unspecified atom stereocenters. The molecule has 1 heterocycles. The first-order chi connectivity index (χ1) is 26.2. The van der Waals surface area contributed by atoms with Crippen molar-refractivity contribution in [2.24, 2.45) is 11.8 Å². The Labute approximate surface area is 323 Å². The summed E-state index contributed by atoms with van der Waals surface area (Å²) in [6.07, 6.45) is 26.5. The van der Waals surface area contributed by atoms with Gasteiger partial charge in [-0.3, -0.25) is 14.4 Å².